The molecule has 2 saturated carbocycles. The molecule has 1 amide bonds. The van der Waals surface area contributed by atoms with Crippen LogP contribution in [0.2, 0.25) is 0 Å². The van der Waals surface area contributed by atoms with Crippen molar-refractivity contribution in [2.45, 2.75) is 166 Å². The number of pyridine rings is 1. The van der Waals surface area contributed by atoms with E-state index < -0.39 is 106 Å². The second kappa shape index (κ2) is 19.1. The smallest absolute Gasteiger partial charge is 0.337 e. The summed E-state index contributed by atoms with van der Waals surface area (Å²) in [5.41, 5.74) is 0.455. The van der Waals surface area contributed by atoms with E-state index in [2.05, 4.69) is 10.2 Å². The lowest BCUT2D eigenvalue weighted by Gasteiger charge is -2.67. The van der Waals surface area contributed by atoms with E-state index in [1.165, 1.54) is 13.8 Å². The highest BCUT2D eigenvalue weighted by Gasteiger charge is 2.75. The van der Waals surface area contributed by atoms with Crippen LogP contribution in [0.1, 0.15) is 122 Å². The van der Waals surface area contributed by atoms with Crippen LogP contribution < -0.4 is 5.32 Å². The first-order valence-corrected chi connectivity index (χ1v) is 26.4. The summed E-state index contributed by atoms with van der Waals surface area (Å²) in [6.07, 6.45) is -0.123. The maximum atomic E-state index is 15.1. The first-order valence-electron chi connectivity index (χ1n) is 26.4. The van der Waals surface area contributed by atoms with Gasteiger partial charge in [0, 0.05) is 85.0 Å². The summed E-state index contributed by atoms with van der Waals surface area (Å²) in [5.74, 6) is -7.06. The number of fused-ring (bicyclic) bond motifs is 10. The normalized spacial score (nSPS) is 33.9. The van der Waals surface area contributed by atoms with Gasteiger partial charge in [0.1, 0.15) is 23.9 Å². The fourth-order valence-electron chi connectivity index (χ4n) is 14.0. The van der Waals surface area contributed by atoms with Crippen LogP contribution in [0.25, 0.3) is 10.9 Å². The fourth-order valence-corrected chi connectivity index (χ4v) is 14.0. The van der Waals surface area contributed by atoms with Crippen molar-refractivity contribution in [3.8, 4) is 0 Å². The van der Waals surface area contributed by atoms with E-state index in [1.807, 2.05) is 67.0 Å². The molecule has 4 fully saturated rings. The second-order valence-electron chi connectivity index (χ2n) is 22.9. The van der Waals surface area contributed by atoms with Crippen molar-refractivity contribution in [3.63, 3.8) is 0 Å². The molecule has 18 nitrogen and oxygen atoms in total. The predicted molar refractivity (Wildman–Crippen MR) is 275 cm³/mol. The van der Waals surface area contributed by atoms with Crippen LogP contribution >= 0.6 is 0 Å². The molecular weight excluding hydrogens is 977 g/mol. The molecule has 7 aliphatic rings. The Hall–Kier alpha value is -6.15. The highest BCUT2D eigenvalue weighted by molar-refractivity contribution is 6.01. The molecule has 4 aliphatic heterocycles. The standard InChI is InChI=1S/C58H68N4O14/c1-9-58(72)39-22-41-48-38(27-62(41)26-34(39)21-46(65)76-58)37(36-14-10-11-15-40(36)61-48)25-59-35-19-17-33(18-20-35)13-12-16-45(64)75-43-23-44-56(70,28-73-44)51-30(3)57(71)24-42(74-53(69)49(66)31(4)60-32(5)63)29(2)47(54(57,6)7)50(67)52(68)55(43,51)8/h10-11,14-15,17-20,22,25-26,30-31,41-44,49-51,66-67,70-72H,9,12-13,16,21,23-24,27-28H2,1-8H3,(H,60,63)/t30?,31-,41?,42-,43-,44+,49+,50+,51?,55+,56-,57+,58+/m0/s1. The molecule has 3 unspecified atom stereocenters. The molecule has 6 N–H and O–H groups in total. The third-order valence-corrected chi connectivity index (χ3v) is 18.2. The Kier molecular flexibility index (Phi) is 13.4. The number of aliphatic hydroxyl groups is 5. The maximum Gasteiger partial charge on any atom is 0.337 e. The Morgan fingerprint density at radius 2 is 1.78 bits per heavy atom. The molecule has 2 aromatic carbocycles. The number of carbonyl (C=O) groups is 5. The molecule has 404 valence electrons. The van der Waals surface area contributed by atoms with Crippen LogP contribution in [-0.2, 0) is 55.9 Å². The Morgan fingerprint density at radius 3 is 2.46 bits per heavy atom. The van der Waals surface area contributed by atoms with E-state index in [0.717, 1.165) is 38.9 Å². The number of aliphatic hydroxyl groups excluding tert-OH is 2. The average molecular weight is 1050 g/mol. The zero-order chi connectivity index (χ0) is 54.6. The number of esters is 3. The van der Waals surface area contributed by atoms with Crippen LogP contribution in [-0.4, -0.2) is 131 Å². The third kappa shape index (κ3) is 8.41. The number of amides is 1. The predicted octanol–water partition coefficient (Wildman–Crippen LogP) is 4.96. The molecule has 76 heavy (non-hydrogen) atoms. The summed E-state index contributed by atoms with van der Waals surface area (Å²) in [6.45, 7) is 13.1. The number of cyclic esters (lactones) is 1. The highest BCUT2D eigenvalue weighted by atomic mass is 16.7. The average Bonchev–Trinajstić information content (AvgIpc) is 3.81. The van der Waals surface area contributed by atoms with Gasteiger partial charge in [-0.05, 0) is 86.1 Å². The number of hydrogen-bond acceptors (Lipinski definition) is 17. The van der Waals surface area contributed by atoms with E-state index in [1.54, 1.807) is 41.5 Å². The first kappa shape index (κ1) is 53.3. The van der Waals surface area contributed by atoms with Gasteiger partial charge in [-0.2, -0.15) is 0 Å². The number of nitrogens with zero attached hydrogens (tertiary/aromatic N) is 3. The molecule has 18 heteroatoms. The van der Waals surface area contributed by atoms with Gasteiger partial charge in [-0.3, -0.25) is 24.2 Å². The lowest BCUT2D eigenvalue weighted by atomic mass is 9.42. The van der Waals surface area contributed by atoms with E-state index in [0.29, 0.717) is 36.2 Å². The van der Waals surface area contributed by atoms with Crippen LogP contribution in [0.5, 0.6) is 0 Å². The maximum absolute atomic E-state index is 15.1. The van der Waals surface area contributed by atoms with Crippen LogP contribution in [0.15, 0.2) is 88.1 Å². The first-order chi connectivity index (χ1) is 35.9. The molecule has 5 heterocycles. The molecule has 2 saturated heterocycles. The summed E-state index contributed by atoms with van der Waals surface area (Å²) in [6, 6.07) is 14.3. The van der Waals surface area contributed by atoms with E-state index in [9.17, 15) is 44.7 Å². The zero-order valence-corrected chi connectivity index (χ0v) is 44.2. The number of aryl methyl sites for hydroxylation is 1. The van der Waals surface area contributed by atoms with Crippen LogP contribution in [0.3, 0.4) is 0 Å². The van der Waals surface area contributed by atoms with Gasteiger partial charge in [-0.25, -0.2) is 9.78 Å². The molecule has 10 rings (SSSR count). The topological polar surface area (TPSA) is 264 Å². The molecule has 1 aromatic heterocycles. The van der Waals surface area contributed by atoms with E-state index in [-0.39, 0.29) is 50.3 Å². The lowest BCUT2D eigenvalue weighted by molar-refractivity contribution is -0.336. The summed E-state index contributed by atoms with van der Waals surface area (Å²) in [7, 11) is 0. The summed E-state index contributed by atoms with van der Waals surface area (Å²) >= 11 is 0. The number of aliphatic imine (C=N–C) groups is 1. The number of nitrogens with one attached hydrogen (secondary N) is 1. The fraction of sp³-hybridized carbons (Fsp3) is 0.534. The van der Waals surface area contributed by atoms with Crippen molar-refractivity contribution in [1.82, 2.24) is 15.2 Å². The van der Waals surface area contributed by atoms with Crippen LogP contribution in [0, 0.1) is 22.7 Å². The molecular formula is C58H68N4O14. The van der Waals surface area contributed by atoms with E-state index in [4.69, 9.17) is 28.9 Å². The lowest BCUT2D eigenvalue weighted by Crippen LogP contribution is -2.79. The number of carbonyl (C=O) groups excluding carboxylic acids is 5. The van der Waals surface area contributed by atoms with Gasteiger partial charge in [0.05, 0.1) is 59.1 Å². The minimum Gasteiger partial charge on any atom is -0.461 e. The van der Waals surface area contributed by atoms with Gasteiger partial charge in [-0.15, -0.1) is 0 Å². The molecule has 0 spiro atoms. The molecule has 2 bridgehead atoms. The Bertz CT molecular complexity index is 3060. The summed E-state index contributed by atoms with van der Waals surface area (Å²) < 4.78 is 23.4. The Balaban J connectivity index is 0.838. The van der Waals surface area contributed by atoms with Crippen molar-refractivity contribution in [2.24, 2.45) is 27.7 Å². The zero-order valence-electron chi connectivity index (χ0n) is 44.2. The van der Waals surface area contributed by atoms with Crippen molar-refractivity contribution in [2.75, 3.05) is 6.61 Å². The number of Topliss-reactive ketones (excluding diaryl/α,β-unsaturated/α-hetero) is 1. The largest absolute Gasteiger partial charge is 0.461 e. The van der Waals surface area contributed by atoms with Crippen molar-refractivity contribution in [1.29, 1.82) is 0 Å². The van der Waals surface area contributed by atoms with Gasteiger partial charge in [0.2, 0.25) is 11.7 Å². The molecule has 3 aromatic rings. The van der Waals surface area contributed by atoms with Crippen molar-refractivity contribution < 1.29 is 68.5 Å². The van der Waals surface area contributed by atoms with Crippen LogP contribution in [0.4, 0.5) is 5.69 Å². The van der Waals surface area contributed by atoms with Crippen molar-refractivity contribution in [3.05, 3.63) is 105 Å². The van der Waals surface area contributed by atoms with Gasteiger partial charge < -0.3 is 54.7 Å². The minimum absolute atomic E-state index is 0.00735. The Morgan fingerprint density at radius 1 is 1.05 bits per heavy atom. The van der Waals surface area contributed by atoms with Gasteiger partial charge in [0.15, 0.2) is 11.9 Å². The molecule has 0 radical (unpaired) electrons. The second-order valence-corrected chi connectivity index (χ2v) is 22.9. The van der Waals surface area contributed by atoms with E-state index >= 15 is 4.79 Å². The van der Waals surface area contributed by atoms with Gasteiger partial charge >= 0.3 is 17.9 Å². The number of ether oxygens (including phenoxy) is 4. The SMILES string of the molecule is CC[C@@]1(O)OC(=O)CC2=CN3Cc4c(nc5ccccc5c4C=Nc4ccc(CCCC(=O)O[C@H]5C[C@H]6OC[C@@]6(O)C6C(C)[C@]7(O)C[C@H](OC(=O)[C@H](O)[C@H](C)NC(C)=O)C(C)=C([C@@H](O)C(=O)[C@@]65C)C7(C)C)cc4)C3C=C21. The quantitative estimate of drug-likeness (QED) is 0.0606. The number of ketones is 1. The summed E-state index contributed by atoms with van der Waals surface area (Å²) in [5, 5.41) is 63.3. The monoisotopic (exact) mass is 1040 g/mol. The number of rotatable bonds is 12. The highest BCUT2D eigenvalue weighted by Crippen LogP contribution is 2.65. The molecule has 3 aliphatic carbocycles. The third-order valence-electron chi connectivity index (χ3n) is 18.2. The number of benzene rings is 2. The molecule has 13 atom stereocenters. The number of aromatic nitrogens is 1. The number of para-hydroxylation sites is 1. The number of hydrogen-bond donors (Lipinski definition) is 6. The van der Waals surface area contributed by atoms with Gasteiger partial charge in [0.25, 0.3) is 0 Å². The Labute approximate surface area is 440 Å². The van der Waals surface area contributed by atoms with Crippen molar-refractivity contribution >= 4 is 52.4 Å². The van der Waals surface area contributed by atoms with Gasteiger partial charge in [-0.1, -0.05) is 58.0 Å². The minimum atomic E-state index is -1.87. The summed E-state index contributed by atoms with van der Waals surface area (Å²) in [4.78, 5) is 78.6.